The topological polar surface area (TPSA) is 84.9 Å². The lowest BCUT2D eigenvalue weighted by Crippen LogP contribution is -2.40. The molecule has 2 amide bonds. The lowest BCUT2D eigenvalue weighted by molar-refractivity contribution is -0.142. The number of hydrogen-bond donors (Lipinski definition) is 1. The van der Waals surface area contributed by atoms with Gasteiger partial charge in [-0.05, 0) is 49.1 Å². The first-order valence-corrected chi connectivity index (χ1v) is 10.3. The maximum atomic E-state index is 13.0. The van der Waals surface area contributed by atoms with Crippen LogP contribution in [0.4, 0.5) is 5.69 Å². The van der Waals surface area contributed by atoms with Crippen molar-refractivity contribution in [1.29, 1.82) is 0 Å². The maximum absolute atomic E-state index is 13.0. The summed E-state index contributed by atoms with van der Waals surface area (Å²) in [4.78, 5) is 39.5. The minimum Gasteiger partial charge on any atom is -0.467 e. The summed E-state index contributed by atoms with van der Waals surface area (Å²) in [6.07, 6.45) is 0.633. The van der Waals surface area contributed by atoms with E-state index in [1.807, 2.05) is 50.2 Å². The summed E-state index contributed by atoms with van der Waals surface area (Å²) >= 11 is 0. The Kier molecular flexibility index (Phi) is 7.07. The average molecular weight is 424 g/mol. The molecule has 2 aromatic rings. The second kappa shape index (κ2) is 9.75. The smallest absolute Gasteiger partial charge is 0.328 e. The van der Waals surface area contributed by atoms with Crippen LogP contribution in [-0.2, 0) is 19.1 Å². The van der Waals surface area contributed by atoms with Gasteiger partial charge in [0.25, 0.3) is 5.91 Å². The molecule has 1 saturated heterocycles. The third-order valence-corrected chi connectivity index (χ3v) is 5.47. The fourth-order valence-corrected chi connectivity index (χ4v) is 3.94. The molecule has 1 unspecified atom stereocenters. The number of esters is 1. The molecule has 0 bridgehead atoms. The minimum absolute atomic E-state index is 0.164. The number of amides is 2. The van der Waals surface area contributed by atoms with Gasteiger partial charge in [0.15, 0.2) is 0 Å². The molecule has 7 heteroatoms. The van der Waals surface area contributed by atoms with Gasteiger partial charge in [-0.3, -0.25) is 14.5 Å². The molecule has 7 nitrogen and oxygen atoms in total. The molecule has 1 aliphatic rings. The van der Waals surface area contributed by atoms with Crippen molar-refractivity contribution >= 4 is 23.5 Å². The summed E-state index contributed by atoms with van der Waals surface area (Å²) < 4.78 is 10.0. The van der Waals surface area contributed by atoms with Crippen LogP contribution in [0.3, 0.4) is 0 Å². The maximum Gasteiger partial charge on any atom is 0.328 e. The van der Waals surface area contributed by atoms with Crippen molar-refractivity contribution in [2.45, 2.75) is 38.8 Å². The van der Waals surface area contributed by atoms with Crippen LogP contribution in [0.2, 0.25) is 0 Å². The molecular weight excluding hydrogens is 396 g/mol. The third-order valence-electron chi connectivity index (χ3n) is 5.47. The van der Waals surface area contributed by atoms with Gasteiger partial charge in [0, 0.05) is 30.8 Å². The molecule has 1 aliphatic heterocycles. The van der Waals surface area contributed by atoms with Crippen LogP contribution in [0.15, 0.2) is 42.5 Å². The van der Waals surface area contributed by atoms with E-state index in [2.05, 4.69) is 5.32 Å². The molecule has 0 aliphatic carbocycles. The van der Waals surface area contributed by atoms with E-state index >= 15 is 0 Å². The number of rotatable bonds is 7. The fraction of sp³-hybridized carbons (Fsp3) is 0.375. The highest BCUT2D eigenvalue weighted by Crippen LogP contribution is 2.36. The first-order valence-electron chi connectivity index (χ1n) is 10.3. The number of ether oxygens (including phenoxy) is 2. The minimum atomic E-state index is -0.703. The Morgan fingerprint density at radius 2 is 1.90 bits per heavy atom. The summed E-state index contributed by atoms with van der Waals surface area (Å²) in [7, 11) is 2.89. The Morgan fingerprint density at radius 3 is 2.55 bits per heavy atom. The SMILES string of the molecule is COC[C@H](C)NC(=O)c1cc(-c2ccccc2)c(C)c(N2C(=O)CCC2C(=O)OC)c1. The van der Waals surface area contributed by atoms with Crippen LogP contribution in [-0.4, -0.2) is 50.7 Å². The van der Waals surface area contributed by atoms with Gasteiger partial charge < -0.3 is 14.8 Å². The quantitative estimate of drug-likeness (QED) is 0.691. The van der Waals surface area contributed by atoms with Crippen molar-refractivity contribution in [2.75, 3.05) is 25.7 Å². The van der Waals surface area contributed by atoms with E-state index < -0.39 is 12.0 Å². The second-order valence-corrected chi connectivity index (χ2v) is 7.71. The highest BCUT2D eigenvalue weighted by Gasteiger charge is 2.39. The van der Waals surface area contributed by atoms with Gasteiger partial charge in [0.05, 0.1) is 13.7 Å². The van der Waals surface area contributed by atoms with Gasteiger partial charge in [-0.2, -0.15) is 0 Å². The zero-order chi connectivity index (χ0) is 22.5. The summed E-state index contributed by atoms with van der Waals surface area (Å²) in [6.45, 7) is 4.13. The van der Waals surface area contributed by atoms with Crippen molar-refractivity contribution in [3.8, 4) is 11.1 Å². The monoisotopic (exact) mass is 424 g/mol. The average Bonchev–Trinajstić information content (AvgIpc) is 3.15. The van der Waals surface area contributed by atoms with Crippen molar-refractivity contribution in [2.24, 2.45) is 0 Å². The Morgan fingerprint density at radius 1 is 1.19 bits per heavy atom. The number of nitrogens with zero attached hydrogens (tertiary/aromatic N) is 1. The summed E-state index contributed by atoms with van der Waals surface area (Å²) in [5.41, 5.74) is 3.51. The molecule has 0 aromatic heterocycles. The molecule has 2 atom stereocenters. The lowest BCUT2D eigenvalue weighted by atomic mass is 9.95. The highest BCUT2D eigenvalue weighted by atomic mass is 16.5. The van der Waals surface area contributed by atoms with Gasteiger partial charge >= 0.3 is 5.97 Å². The highest BCUT2D eigenvalue weighted by molar-refractivity contribution is 6.05. The first-order chi connectivity index (χ1) is 14.9. The zero-order valence-corrected chi connectivity index (χ0v) is 18.3. The number of benzene rings is 2. The summed E-state index contributed by atoms with van der Waals surface area (Å²) in [6, 6.07) is 12.3. The molecule has 0 saturated carbocycles. The third kappa shape index (κ3) is 4.77. The Hall–Kier alpha value is -3.19. The van der Waals surface area contributed by atoms with Crippen LogP contribution in [0.25, 0.3) is 11.1 Å². The molecule has 0 radical (unpaired) electrons. The molecule has 164 valence electrons. The number of carbonyl (C=O) groups is 3. The molecule has 0 spiro atoms. The molecule has 3 rings (SSSR count). The van der Waals surface area contributed by atoms with E-state index in [1.54, 1.807) is 13.2 Å². The molecule has 1 N–H and O–H groups in total. The Bertz CT molecular complexity index is 973. The lowest BCUT2D eigenvalue weighted by Gasteiger charge is -2.27. The van der Waals surface area contributed by atoms with Crippen LogP contribution in [0.5, 0.6) is 0 Å². The van der Waals surface area contributed by atoms with Crippen molar-refractivity contribution in [1.82, 2.24) is 5.32 Å². The van der Waals surface area contributed by atoms with E-state index in [0.29, 0.717) is 24.3 Å². The number of carbonyl (C=O) groups excluding carboxylic acids is 3. The van der Waals surface area contributed by atoms with Crippen molar-refractivity contribution < 1.29 is 23.9 Å². The largest absolute Gasteiger partial charge is 0.467 e. The van der Waals surface area contributed by atoms with Crippen molar-refractivity contribution in [3.63, 3.8) is 0 Å². The van der Waals surface area contributed by atoms with Gasteiger partial charge in [0.1, 0.15) is 6.04 Å². The van der Waals surface area contributed by atoms with Gasteiger partial charge in [0.2, 0.25) is 5.91 Å². The Balaban J connectivity index is 2.12. The van der Waals surface area contributed by atoms with E-state index in [4.69, 9.17) is 9.47 Å². The first kappa shape index (κ1) is 22.5. The molecule has 2 aromatic carbocycles. The standard InChI is InChI=1S/C24H28N2O5/c1-15(14-30-3)25-23(28)18-12-19(17-8-6-5-7-9-17)16(2)21(13-18)26-20(24(29)31-4)10-11-22(26)27/h5-9,12-13,15,20H,10-11,14H2,1-4H3,(H,25,28)/t15-,20?/m0/s1. The number of methoxy groups -OCH3 is 2. The Labute approximate surface area is 182 Å². The predicted molar refractivity (Wildman–Crippen MR) is 118 cm³/mol. The normalized spacial score (nSPS) is 16.8. The van der Waals surface area contributed by atoms with Crippen LogP contribution >= 0.6 is 0 Å². The predicted octanol–water partition coefficient (Wildman–Crippen LogP) is 3.10. The van der Waals surface area contributed by atoms with E-state index in [0.717, 1.165) is 16.7 Å². The summed E-state index contributed by atoms with van der Waals surface area (Å²) in [5.74, 6) is -0.901. The van der Waals surface area contributed by atoms with Crippen LogP contribution in [0.1, 0.15) is 35.7 Å². The van der Waals surface area contributed by atoms with E-state index in [1.165, 1.54) is 12.0 Å². The zero-order valence-electron chi connectivity index (χ0n) is 18.3. The molecule has 1 heterocycles. The van der Waals surface area contributed by atoms with Crippen LogP contribution in [0, 0.1) is 6.92 Å². The van der Waals surface area contributed by atoms with Crippen LogP contribution < -0.4 is 10.2 Å². The number of anilines is 1. The molecule has 1 fully saturated rings. The molecular formula is C24H28N2O5. The van der Waals surface area contributed by atoms with Gasteiger partial charge in [-0.1, -0.05) is 30.3 Å². The van der Waals surface area contributed by atoms with E-state index in [-0.39, 0.29) is 24.3 Å². The van der Waals surface area contributed by atoms with Gasteiger partial charge in [-0.15, -0.1) is 0 Å². The second-order valence-electron chi connectivity index (χ2n) is 7.71. The van der Waals surface area contributed by atoms with Gasteiger partial charge in [-0.25, -0.2) is 4.79 Å². The number of hydrogen-bond acceptors (Lipinski definition) is 5. The van der Waals surface area contributed by atoms with Crippen molar-refractivity contribution in [3.05, 3.63) is 53.6 Å². The van der Waals surface area contributed by atoms with E-state index in [9.17, 15) is 14.4 Å². The fourth-order valence-electron chi connectivity index (χ4n) is 3.94. The molecule has 31 heavy (non-hydrogen) atoms. The summed E-state index contributed by atoms with van der Waals surface area (Å²) in [5, 5.41) is 2.91. The number of nitrogens with one attached hydrogen (secondary N) is 1.